The SMILES string of the molecule is COc1nnc2ccc(N3CCC(c4ccc(OCCN5CCN(C)C(=O)C5C)cc4)CC3)nn12.O=C(O)c1ccc2cc(O)ccc2c1. The topological polar surface area (TPSA) is 146 Å². The molecule has 2 fully saturated rings. The minimum atomic E-state index is -0.944. The summed E-state index contributed by atoms with van der Waals surface area (Å²) in [5.74, 6) is 1.72. The van der Waals surface area contributed by atoms with E-state index in [-0.39, 0.29) is 23.3 Å². The van der Waals surface area contributed by atoms with Gasteiger partial charge in [0.1, 0.15) is 23.9 Å². The van der Waals surface area contributed by atoms with Crippen LogP contribution in [0.5, 0.6) is 17.5 Å². The first-order valence-electron chi connectivity index (χ1n) is 16.4. The zero-order chi connectivity index (χ0) is 34.5. The van der Waals surface area contributed by atoms with E-state index in [2.05, 4.69) is 49.4 Å². The average Bonchev–Trinajstić information content (AvgIpc) is 3.54. The van der Waals surface area contributed by atoms with E-state index < -0.39 is 5.97 Å². The third kappa shape index (κ3) is 7.67. The second-order valence-electron chi connectivity index (χ2n) is 12.4. The van der Waals surface area contributed by atoms with Gasteiger partial charge in [-0.15, -0.1) is 10.2 Å². The number of nitrogens with zero attached hydrogens (tertiary/aromatic N) is 7. The molecule has 0 bridgehead atoms. The van der Waals surface area contributed by atoms with Crippen LogP contribution in [-0.2, 0) is 4.79 Å². The number of aromatic hydroxyl groups is 1. The number of phenols is 1. The van der Waals surface area contributed by atoms with Crippen molar-refractivity contribution in [2.75, 3.05) is 58.4 Å². The molecule has 3 aromatic carbocycles. The number of amides is 1. The molecule has 0 radical (unpaired) electrons. The highest BCUT2D eigenvalue weighted by molar-refractivity contribution is 5.94. The van der Waals surface area contributed by atoms with E-state index in [1.54, 1.807) is 40.8 Å². The van der Waals surface area contributed by atoms with Gasteiger partial charge < -0.3 is 29.5 Å². The maximum atomic E-state index is 12.2. The molecule has 2 aliphatic rings. The number of rotatable bonds is 8. The number of carboxylic acids is 1. The van der Waals surface area contributed by atoms with Crippen LogP contribution in [0, 0.1) is 0 Å². The van der Waals surface area contributed by atoms with Crippen molar-refractivity contribution >= 4 is 34.1 Å². The van der Waals surface area contributed by atoms with Gasteiger partial charge in [-0.1, -0.05) is 29.4 Å². The molecular weight excluding hydrogens is 626 g/mol. The van der Waals surface area contributed by atoms with Crippen LogP contribution in [0.25, 0.3) is 16.4 Å². The van der Waals surface area contributed by atoms with Gasteiger partial charge >= 0.3 is 12.0 Å². The Balaban J connectivity index is 0.000000248. The number of aromatic carboxylic acids is 1. The summed E-state index contributed by atoms with van der Waals surface area (Å²) in [6.07, 6.45) is 2.13. The molecule has 7 rings (SSSR count). The zero-order valence-electron chi connectivity index (χ0n) is 27.9. The predicted molar refractivity (Wildman–Crippen MR) is 185 cm³/mol. The summed E-state index contributed by atoms with van der Waals surface area (Å²) in [6.45, 7) is 6.84. The fourth-order valence-corrected chi connectivity index (χ4v) is 6.34. The minimum Gasteiger partial charge on any atom is -0.508 e. The Labute approximate surface area is 284 Å². The number of methoxy groups -OCH3 is 1. The molecular formula is C36H41N7O6. The van der Waals surface area contributed by atoms with Crippen LogP contribution in [-0.4, -0.2) is 111 Å². The van der Waals surface area contributed by atoms with Gasteiger partial charge in [-0.05, 0) is 90.6 Å². The van der Waals surface area contributed by atoms with Crippen LogP contribution in [0.2, 0.25) is 0 Å². The van der Waals surface area contributed by atoms with Gasteiger partial charge in [0.05, 0.1) is 18.7 Å². The number of likely N-dealkylation sites (N-methyl/N-ethyl adjacent to an activating group) is 1. The van der Waals surface area contributed by atoms with Gasteiger partial charge in [0.2, 0.25) is 5.91 Å². The van der Waals surface area contributed by atoms with Crippen molar-refractivity contribution in [1.82, 2.24) is 29.6 Å². The third-order valence-corrected chi connectivity index (χ3v) is 9.30. The van der Waals surface area contributed by atoms with Crippen LogP contribution >= 0.6 is 0 Å². The predicted octanol–water partition coefficient (Wildman–Crippen LogP) is 4.30. The van der Waals surface area contributed by atoms with E-state index in [4.69, 9.17) is 14.6 Å². The molecule has 1 unspecified atom stereocenters. The number of aromatic nitrogens is 4. The first-order valence-corrected chi connectivity index (χ1v) is 16.4. The second-order valence-corrected chi connectivity index (χ2v) is 12.4. The van der Waals surface area contributed by atoms with Crippen LogP contribution in [0.1, 0.15) is 41.6 Å². The standard InChI is InChI=1S/C25H33N7O3.C11H8O3/c1-18-24(33)29(2)14-15-30(18)16-17-35-21-6-4-19(5-7-21)20-10-12-31(13-11-20)23-9-8-22-26-27-25(34-3)32(22)28-23;12-10-4-3-7-5-9(11(13)14)2-1-8(7)6-10/h4-9,18,20H,10-17H2,1-3H3;1-6,12H,(H,13,14). The van der Waals surface area contributed by atoms with E-state index in [0.717, 1.165) is 67.9 Å². The van der Waals surface area contributed by atoms with Crippen molar-refractivity contribution in [2.45, 2.75) is 31.7 Å². The number of phenolic OH excluding ortho intramolecular Hbond substituents is 1. The molecule has 256 valence electrons. The van der Waals surface area contributed by atoms with Gasteiger partial charge in [0.25, 0.3) is 0 Å². The highest BCUT2D eigenvalue weighted by Crippen LogP contribution is 2.31. The molecule has 0 saturated carbocycles. The van der Waals surface area contributed by atoms with Crippen molar-refractivity contribution in [3.05, 3.63) is 83.9 Å². The number of piperazine rings is 1. The molecule has 2 N–H and O–H groups in total. The van der Waals surface area contributed by atoms with Gasteiger partial charge in [-0.25, -0.2) is 4.79 Å². The number of hydrogen-bond acceptors (Lipinski definition) is 10. The van der Waals surface area contributed by atoms with Crippen molar-refractivity contribution in [3.63, 3.8) is 0 Å². The molecule has 49 heavy (non-hydrogen) atoms. The van der Waals surface area contributed by atoms with Crippen LogP contribution in [0.4, 0.5) is 5.82 Å². The van der Waals surface area contributed by atoms with Crippen molar-refractivity contribution < 1.29 is 29.3 Å². The summed E-state index contributed by atoms with van der Waals surface area (Å²) >= 11 is 0. The number of ether oxygens (including phenoxy) is 2. The van der Waals surface area contributed by atoms with E-state index in [1.165, 1.54) is 17.7 Å². The average molecular weight is 668 g/mol. The number of piperidine rings is 1. The third-order valence-electron chi connectivity index (χ3n) is 9.30. The van der Waals surface area contributed by atoms with Gasteiger partial charge in [0, 0.05) is 39.8 Å². The first-order chi connectivity index (χ1) is 23.7. The summed E-state index contributed by atoms with van der Waals surface area (Å²) in [4.78, 5) is 29.1. The minimum absolute atomic E-state index is 0.0821. The Kier molecular flexibility index (Phi) is 10.1. The Morgan fingerprint density at radius 1 is 0.918 bits per heavy atom. The molecule has 0 spiro atoms. The monoisotopic (exact) mass is 667 g/mol. The highest BCUT2D eigenvalue weighted by atomic mass is 16.5. The molecule has 2 aliphatic heterocycles. The lowest BCUT2D eigenvalue weighted by atomic mass is 9.89. The van der Waals surface area contributed by atoms with E-state index >= 15 is 0 Å². The van der Waals surface area contributed by atoms with Gasteiger partial charge in [0.15, 0.2) is 5.65 Å². The number of anilines is 1. The normalized spacial score (nSPS) is 17.2. The largest absolute Gasteiger partial charge is 0.508 e. The molecule has 4 heterocycles. The maximum Gasteiger partial charge on any atom is 0.338 e. The molecule has 13 nitrogen and oxygen atoms in total. The van der Waals surface area contributed by atoms with Gasteiger partial charge in [-0.2, -0.15) is 4.52 Å². The number of benzene rings is 3. The Morgan fingerprint density at radius 3 is 2.39 bits per heavy atom. The number of carboxylic acid groups (broad SMARTS) is 1. The Hall–Kier alpha value is -5.43. The number of carbonyl (C=O) groups excluding carboxylic acids is 1. The number of fused-ring (bicyclic) bond motifs is 2. The highest BCUT2D eigenvalue weighted by Gasteiger charge is 2.29. The lowest BCUT2D eigenvalue weighted by Gasteiger charge is -2.37. The summed E-state index contributed by atoms with van der Waals surface area (Å²) < 4.78 is 12.9. The van der Waals surface area contributed by atoms with Crippen molar-refractivity contribution in [2.24, 2.45) is 0 Å². The summed E-state index contributed by atoms with van der Waals surface area (Å²) in [5.41, 5.74) is 2.27. The molecule has 2 aromatic heterocycles. The van der Waals surface area contributed by atoms with Gasteiger partial charge in [-0.3, -0.25) is 9.69 Å². The van der Waals surface area contributed by atoms with Crippen molar-refractivity contribution in [3.8, 4) is 17.5 Å². The summed E-state index contributed by atoms with van der Waals surface area (Å²) in [7, 11) is 3.44. The number of carbonyl (C=O) groups is 2. The van der Waals surface area contributed by atoms with Crippen molar-refractivity contribution in [1.29, 1.82) is 0 Å². The van der Waals surface area contributed by atoms with Crippen LogP contribution in [0.15, 0.2) is 72.8 Å². The Bertz CT molecular complexity index is 1920. The summed E-state index contributed by atoms with van der Waals surface area (Å²) in [5, 5.41) is 32.3. The van der Waals surface area contributed by atoms with E-state index in [0.29, 0.717) is 24.2 Å². The summed E-state index contributed by atoms with van der Waals surface area (Å²) in [6, 6.07) is 22.3. The molecule has 0 aliphatic carbocycles. The molecule has 13 heteroatoms. The lowest BCUT2D eigenvalue weighted by Crippen LogP contribution is -2.55. The number of hydrogen-bond donors (Lipinski definition) is 2. The molecule has 5 aromatic rings. The van der Waals surface area contributed by atoms with E-state index in [9.17, 15) is 14.7 Å². The smallest absolute Gasteiger partial charge is 0.338 e. The molecule has 1 atom stereocenters. The van der Waals surface area contributed by atoms with E-state index in [1.807, 2.05) is 26.1 Å². The zero-order valence-corrected chi connectivity index (χ0v) is 27.9. The van der Waals surface area contributed by atoms with Crippen LogP contribution < -0.4 is 14.4 Å². The van der Waals surface area contributed by atoms with Crippen LogP contribution in [0.3, 0.4) is 0 Å². The fourth-order valence-electron chi connectivity index (χ4n) is 6.34. The quantitative estimate of drug-likeness (QED) is 0.244. The first kappa shape index (κ1) is 33.5. The molecule has 1 amide bonds. The lowest BCUT2D eigenvalue weighted by molar-refractivity contribution is -0.139. The second kappa shape index (κ2) is 14.8. The molecule has 2 saturated heterocycles. The maximum absolute atomic E-state index is 12.2. The Morgan fingerprint density at radius 2 is 1.65 bits per heavy atom. The fraction of sp³-hybridized carbons (Fsp3) is 0.361.